The Morgan fingerprint density at radius 2 is 2.00 bits per heavy atom. The van der Waals surface area contributed by atoms with Crippen molar-refractivity contribution in [2.45, 2.75) is 52.1 Å². The van der Waals surface area contributed by atoms with E-state index in [1.165, 1.54) is 11.3 Å². The molecule has 1 aliphatic rings. The van der Waals surface area contributed by atoms with E-state index in [0.29, 0.717) is 12.0 Å². The highest BCUT2D eigenvalue weighted by molar-refractivity contribution is 7.12. The normalized spacial score (nSPS) is 21.1. The maximum atomic E-state index is 12.0. The summed E-state index contributed by atoms with van der Waals surface area (Å²) in [5.74, 6) is -0.0641. The number of nitrogens with one attached hydrogen (secondary N) is 1. The van der Waals surface area contributed by atoms with Crippen LogP contribution in [0.1, 0.15) is 54.8 Å². The van der Waals surface area contributed by atoms with Gasteiger partial charge in [-0.15, -0.1) is 11.3 Å². The zero-order valence-corrected chi connectivity index (χ0v) is 12.8. The van der Waals surface area contributed by atoms with Crippen molar-refractivity contribution in [1.29, 1.82) is 0 Å². The Labute approximate surface area is 119 Å². The molecule has 1 saturated carbocycles. The molecule has 1 fully saturated rings. The van der Waals surface area contributed by atoms with Gasteiger partial charge in [-0.1, -0.05) is 13.8 Å². The lowest BCUT2D eigenvalue weighted by molar-refractivity contribution is -0.0232. The Balaban J connectivity index is 1.89. The van der Waals surface area contributed by atoms with Gasteiger partial charge in [0.15, 0.2) is 0 Å². The molecule has 19 heavy (non-hydrogen) atoms. The number of aliphatic hydroxyl groups is 1. The van der Waals surface area contributed by atoms with Crippen molar-refractivity contribution in [3.63, 3.8) is 0 Å². The highest BCUT2D eigenvalue weighted by Crippen LogP contribution is 2.39. The van der Waals surface area contributed by atoms with Gasteiger partial charge in [-0.25, -0.2) is 0 Å². The highest BCUT2D eigenvalue weighted by atomic mass is 32.1. The molecule has 0 aliphatic heterocycles. The van der Waals surface area contributed by atoms with E-state index in [0.717, 1.165) is 36.1 Å². The van der Waals surface area contributed by atoms with E-state index in [-0.39, 0.29) is 5.91 Å². The fourth-order valence-corrected chi connectivity index (χ4v) is 3.34. The summed E-state index contributed by atoms with van der Waals surface area (Å²) in [6, 6.07) is 1.94. The first-order chi connectivity index (χ1) is 8.81. The largest absolute Gasteiger partial charge is 0.388 e. The molecule has 0 aromatic carbocycles. The Bertz CT molecular complexity index is 454. The maximum Gasteiger partial charge on any atom is 0.261 e. The average molecular weight is 281 g/mol. The van der Waals surface area contributed by atoms with Gasteiger partial charge in [0.05, 0.1) is 10.5 Å². The quantitative estimate of drug-likeness (QED) is 0.894. The summed E-state index contributed by atoms with van der Waals surface area (Å²) in [5.41, 5.74) is 0.593. The lowest BCUT2D eigenvalue weighted by Crippen LogP contribution is -2.46. The monoisotopic (exact) mass is 281 g/mol. The van der Waals surface area contributed by atoms with Crippen LogP contribution in [0.5, 0.6) is 0 Å². The van der Waals surface area contributed by atoms with Crippen LogP contribution in [0.15, 0.2) is 11.4 Å². The minimum atomic E-state index is -0.726. The summed E-state index contributed by atoms with van der Waals surface area (Å²) in [6.45, 7) is 6.77. The predicted molar refractivity (Wildman–Crippen MR) is 78.6 cm³/mol. The van der Waals surface area contributed by atoms with Crippen molar-refractivity contribution in [2.24, 2.45) is 5.41 Å². The topological polar surface area (TPSA) is 49.3 Å². The second-order valence-electron chi connectivity index (χ2n) is 6.50. The molecule has 0 spiro atoms. The van der Waals surface area contributed by atoms with Crippen LogP contribution in [0.4, 0.5) is 0 Å². The molecule has 2 rings (SSSR count). The molecule has 1 aromatic rings. The molecular weight excluding hydrogens is 258 g/mol. The molecule has 2 N–H and O–H groups in total. The van der Waals surface area contributed by atoms with Crippen LogP contribution in [0.3, 0.4) is 0 Å². The molecule has 0 saturated heterocycles. The molecule has 1 aliphatic carbocycles. The molecule has 0 bridgehead atoms. The van der Waals surface area contributed by atoms with Crippen molar-refractivity contribution < 1.29 is 9.90 Å². The first kappa shape index (κ1) is 14.5. The molecule has 4 heteroatoms. The van der Waals surface area contributed by atoms with Gasteiger partial charge in [0.2, 0.25) is 0 Å². The van der Waals surface area contributed by atoms with E-state index in [9.17, 15) is 9.90 Å². The van der Waals surface area contributed by atoms with Gasteiger partial charge in [-0.05, 0) is 55.0 Å². The van der Waals surface area contributed by atoms with Gasteiger partial charge >= 0.3 is 0 Å². The lowest BCUT2D eigenvalue weighted by Gasteiger charge is -2.40. The summed E-state index contributed by atoms with van der Waals surface area (Å²) >= 11 is 1.45. The van der Waals surface area contributed by atoms with Gasteiger partial charge in [-0.2, -0.15) is 0 Å². The fraction of sp³-hybridized carbons (Fsp3) is 0.667. The minimum Gasteiger partial charge on any atom is -0.388 e. The van der Waals surface area contributed by atoms with Gasteiger partial charge < -0.3 is 10.4 Å². The van der Waals surface area contributed by atoms with Crippen molar-refractivity contribution in [2.75, 3.05) is 6.54 Å². The zero-order valence-electron chi connectivity index (χ0n) is 12.0. The number of carbonyl (C=O) groups excluding carboxylic acids is 1. The summed E-state index contributed by atoms with van der Waals surface area (Å²) in [7, 11) is 0. The van der Waals surface area contributed by atoms with Gasteiger partial charge in [0.1, 0.15) is 0 Å². The fourth-order valence-electron chi connectivity index (χ4n) is 2.50. The standard InChI is InChI=1S/C15H23NO2S/c1-11-4-9-19-12(11)13(17)16-10-15(18)7-5-14(2,3)6-8-15/h4,9,18H,5-8,10H2,1-3H3,(H,16,17). The van der Waals surface area contributed by atoms with Crippen molar-refractivity contribution in [1.82, 2.24) is 5.32 Å². The van der Waals surface area contributed by atoms with E-state index >= 15 is 0 Å². The molecular formula is C15H23NO2S. The smallest absolute Gasteiger partial charge is 0.261 e. The second kappa shape index (κ2) is 5.25. The molecule has 0 radical (unpaired) electrons. The Hall–Kier alpha value is -0.870. The van der Waals surface area contributed by atoms with E-state index in [4.69, 9.17) is 0 Å². The summed E-state index contributed by atoms with van der Waals surface area (Å²) in [5, 5.41) is 15.3. The number of carbonyl (C=O) groups is 1. The summed E-state index contributed by atoms with van der Waals surface area (Å²) in [4.78, 5) is 12.8. The molecule has 1 heterocycles. The number of thiophene rings is 1. The summed E-state index contributed by atoms with van der Waals surface area (Å²) in [6.07, 6.45) is 3.56. The molecule has 0 atom stereocenters. The molecule has 3 nitrogen and oxygen atoms in total. The number of hydrogen-bond donors (Lipinski definition) is 2. The second-order valence-corrected chi connectivity index (χ2v) is 7.42. The van der Waals surface area contributed by atoms with Crippen molar-refractivity contribution in [3.8, 4) is 0 Å². The number of rotatable bonds is 3. The minimum absolute atomic E-state index is 0.0641. The predicted octanol–water partition coefficient (Wildman–Crippen LogP) is 3.12. The molecule has 106 valence electrons. The Morgan fingerprint density at radius 1 is 1.37 bits per heavy atom. The SMILES string of the molecule is Cc1ccsc1C(=O)NCC1(O)CCC(C)(C)CC1. The lowest BCUT2D eigenvalue weighted by atomic mass is 9.71. The first-order valence-electron chi connectivity index (χ1n) is 6.86. The number of amides is 1. The first-order valence-corrected chi connectivity index (χ1v) is 7.74. The highest BCUT2D eigenvalue weighted by Gasteiger charge is 2.36. The summed E-state index contributed by atoms with van der Waals surface area (Å²) < 4.78 is 0. The van der Waals surface area contributed by atoms with E-state index in [1.807, 2.05) is 18.4 Å². The van der Waals surface area contributed by atoms with Crippen LogP contribution in [-0.4, -0.2) is 23.2 Å². The van der Waals surface area contributed by atoms with Crippen molar-refractivity contribution in [3.05, 3.63) is 21.9 Å². The zero-order chi connectivity index (χ0) is 14.1. The van der Waals surface area contributed by atoms with Crippen LogP contribution >= 0.6 is 11.3 Å². The molecule has 1 aromatic heterocycles. The Morgan fingerprint density at radius 3 is 2.53 bits per heavy atom. The van der Waals surface area contributed by atoms with E-state index in [1.54, 1.807) is 0 Å². The van der Waals surface area contributed by atoms with Crippen molar-refractivity contribution >= 4 is 17.2 Å². The van der Waals surface area contributed by atoms with E-state index < -0.39 is 5.60 Å². The third kappa shape index (κ3) is 3.57. The number of aryl methyl sites for hydroxylation is 1. The van der Waals surface area contributed by atoms with Gasteiger partial charge in [0, 0.05) is 6.54 Å². The van der Waals surface area contributed by atoms with Crippen LogP contribution < -0.4 is 5.32 Å². The third-order valence-corrected chi connectivity index (χ3v) is 5.20. The van der Waals surface area contributed by atoms with Crippen LogP contribution in [0.25, 0.3) is 0 Å². The van der Waals surface area contributed by atoms with Crippen LogP contribution in [0, 0.1) is 12.3 Å². The van der Waals surface area contributed by atoms with Crippen LogP contribution in [0.2, 0.25) is 0 Å². The van der Waals surface area contributed by atoms with Crippen LogP contribution in [-0.2, 0) is 0 Å². The van der Waals surface area contributed by atoms with Gasteiger partial charge in [-0.3, -0.25) is 4.79 Å². The molecule has 0 unspecified atom stereocenters. The average Bonchev–Trinajstić information content (AvgIpc) is 2.77. The Kier molecular flexibility index (Phi) is 4.02. The third-order valence-electron chi connectivity index (χ3n) is 4.18. The van der Waals surface area contributed by atoms with Gasteiger partial charge in [0.25, 0.3) is 5.91 Å². The maximum absolute atomic E-state index is 12.0. The number of hydrogen-bond acceptors (Lipinski definition) is 3. The van der Waals surface area contributed by atoms with E-state index in [2.05, 4.69) is 19.2 Å². The molecule has 1 amide bonds.